The van der Waals surface area contributed by atoms with Crippen LogP contribution in [-0.2, 0) is 12.8 Å². The van der Waals surface area contributed by atoms with Crippen molar-refractivity contribution in [1.82, 2.24) is 19.9 Å². The third-order valence-electron chi connectivity index (χ3n) is 4.91. The van der Waals surface area contributed by atoms with Gasteiger partial charge in [0, 0.05) is 22.7 Å². The van der Waals surface area contributed by atoms with Gasteiger partial charge in [-0.3, -0.25) is 0 Å². The lowest BCUT2D eigenvalue weighted by molar-refractivity contribution is 0.628. The van der Waals surface area contributed by atoms with E-state index in [0.29, 0.717) is 5.82 Å². The van der Waals surface area contributed by atoms with Gasteiger partial charge in [0.1, 0.15) is 16.2 Å². The number of thiazole rings is 1. The minimum absolute atomic E-state index is 0.262. The Kier molecular flexibility index (Phi) is 4.33. The summed E-state index contributed by atoms with van der Waals surface area (Å²) in [5.74, 6) is 0.361. The SMILES string of the molecule is Fc1ccc(-c2nc(CCCc3c[nH]c4ccccc34)c3ncsc3n2)cc1. The smallest absolute Gasteiger partial charge is 0.161 e. The molecule has 3 heterocycles. The first-order valence-electron chi connectivity index (χ1n) is 9.19. The number of nitrogens with one attached hydrogen (secondary N) is 1. The van der Waals surface area contributed by atoms with Crippen molar-refractivity contribution < 1.29 is 4.39 Å². The second kappa shape index (κ2) is 7.13. The molecule has 3 aromatic heterocycles. The fourth-order valence-corrected chi connectivity index (χ4v) is 4.19. The van der Waals surface area contributed by atoms with Gasteiger partial charge >= 0.3 is 0 Å². The number of nitrogens with zero attached hydrogens (tertiary/aromatic N) is 3. The first-order chi connectivity index (χ1) is 13.8. The summed E-state index contributed by atoms with van der Waals surface area (Å²) in [7, 11) is 0. The van der Waals surface area contributed by atoms with Crippen LogP contribution in [0.3, 0.4) is 0 Å². The van der Waals surface area contributed by atoms with E-state index in [9.17, 15) is 4.39 Å². The molecule has 0 aliphatic carbocycles. The quantitative estimate of drug-likeness (QED) is 0.429. The maximum atomic E-state index is 13.2. The number of para-hydroxylation sites is 1. The van der Waals surface area contributed by atoms with Gasteiger partial charge in [0.05, 0.1) is 11.2 Å². The average Bonchev–Trinajstić information content (AvgIpc) is 3.36. The summed E-state index contributed by atoms with van der Waals surface area (Å²) in [5, 5.41) is 1.27. The van der Waals surface area contributed by atoms with Crippen LogP contribution >= 0.6 is 11.3 Å². The van der Waals surface area contributed by atoms with Crippen molar-refractivity contribution in [3.05, 3.63) is 77.3 Å². The summed E-state index contributed by atoms with van der Waals surface area (Å²) in [6.07, 6.45) is 4.84. The summed E-state index contributed by atoms with van der Waals surface area (Å²) < 4.78 is 13.2. The molecule has 6 heteroatoms. The van der Waals surface area contributed by atoms with Crippen molar-refractivity contribution >= 4 is 32.6 Å². The molecular weight excluding hydrogens is 371 g/mol. The summed E-state index contributed by atoms with van der Waals surface area (Å²) in [4.78, 5) is 18.0. The van der Waals surface area contributed by atoms with E-state index < -0.39 is 0 Å². The van der Waals surface area contributed by atoms with Crippen LogP contribution in [0.15, 0.2) is 60.2 Å². The van der Waals surface area contributed by atoms with Crippen LogP contribution < -0.4 is 0 Å². The highest BCUT2D eigenvalue weighted by atomic mass is 32.1. The van der Waals surface area contributed by atoms with E-state index in [4.69, 9.17) is 4.98 Å². The summed E-state index contributed by atoms with van der Waals surface area (Å²) in [6.45, 7) is 0. The molecule has 0 radical (unpaired) electrons. The van der Waals surface area contributed by atoms with Gasteiger partial charge in [0.2, 0.25) is 0 Å². The highest BCUT2D eigenvalue weighted by Crippen LogP contribution is 2.25. The van der Waals surface area contributed by atoms with Gasteiger partial charge in [-0.05, 0) is 55.2 Å². The van der Waals surface area contributed by atoms with Gasteiger partial charge in [-0.25, -0.2) is 19.3 Å². The van der Waals surface area contributed by atoms with Crippen molar-refractivity contribution in [2.45, 2.75) is 19.3 Å². The number of hydrogen-bond donors (Lipinski definition) is 1. The van der Waals surface area contributed by atoms with E-state index >= 15 is 0 Å². The third kappa shape index (κ3) is 3.16. The largest absolute Gasteiger partial charge is 0.361 e. The number of rotatable bonds is 5. The minimum Gasteiger partial charge on any atom is -0.361 e. The van der Waals surface area contributed by atoms with Crippen LogP contribution in [0.2, 0.25) is 0 Å². The number of fused-ring (bicyclic) bond motifs is 2. The summed E-state index contributed by atoms with van der Waals surface area (Å²) in [5.41, 5.74) is 6.92. The highest BCUT2D eigenvalue weighted by molar-refractivity contribution is 7.16. The van der Waals surface area contributed by atoms with E-state index in [0.717, 1.165) is 40.9 Å². The number of aromatic nitrogens is 4. The van der Waals surface area contributed by atoms with Crippen LogP contribution in [0.5, 0.6) is 0 Å². The molecule has 0 spiro atoms. The summed E-state index contributed by atoms with van der Waals surface area (Å²) >= 11 is 1.51. The van der Waals surface area contributed by atoms with Crippen molar-refractivity contribution in [3.8, 4) is 11.4 Å². The number of aromatic amines is 1. The number of H-pyrrole nitrogens is 1. The Morgan fingerprint density at radius 1 is 0.964 bits per heavy atom. The van der Waals surface area contributed by atoms with Crippen LogP contribution in [0.1, 0.15) is 17.7 Å². The predicted molar refractivity (Wildman–Crippen MR) is 111 cm³/mol. The molecule has 0 amide bonds. The van der Waals surface area contributed by atoms with Crippen molar-refractivity contribution in [2.75, 3.05) is 0 Å². The number of benzene rings is 2. The molecule has 1 N–H and O–H groups in total. The topological polar surface area (TPSA) is 54.5 Å². The maximum Gasteiger partial charge on any atom is 0.161 e. The van der Waals surface area contributed by atoms with Crippen LogP contribution in [-0.4, -0.2) is 19.9 Å². The Morgan fingerprint density at radius 2 is 1.82 bits per heavy atom. The molecule has 0 unspecified atom stereocenters. The molecule has 0 saturated carbocycles. The Labute approximate surface area is 165 Å². The lowest BCUT2D eigenvalue weighted by Gasteiger charge is -2.06. The Balaban J connectivity index is 1.42. The molecule has 4 nitrogen and oxygen atoms in total. The van der Waals surface area contributed by atoms with E-state index in [2.05, 4.69) is 39.3 Å². The zero-order valence-electron chi connectivity index (χ0n) is 15.0. The molecule has 0 aliphatic rings. The second-order valence-corrected chi connectivity index (χ2v) is 7.55. The number of hydrogen-bond acceptors (Lipinski definition) is 4. The van der Waals surface area contributed by atoms with Crippen molar-refractivity contribution in [1.29, 1.82) is 0 Å². The maximum absolute atomic E-state index is 13.2. The number of halogens is 1. The van der Waals surface area contributed by atoms with E-state index in [1.54, 1.807) is 17.6 Å². The Bertz CT molecular complexity index is 1260. The van der Waals surface area contributed by atoms with Gasteiger partial charge in [-0.15, -0.1) is 11.3 Å². The lowest BCUT2D eigenvalue weighted by atomic mass is 10.1. The molecule has 0 bridgehead atoms. The molecule has 0 fully saturated rings. The minimum atomic E-state index is -0.262. The molecular formula is C22H17FN4S. The van der Waals surface area contributed by atoms with Gasteiger partial charge in [0.25, 0.3) is 0 Å². The van der Waals surface area contributed by atoms with Crippen molar-refractivity contribution in [2.24, 2.45) is 0 Å². The lowest BCUT2D eigenvalue weighted by Crippen LogP contribution is -1.99. The Morgan fingerprint density at radius 3 is 2.71 bits per heavy atom. The normalized spacial score (nSPS) is 11.5. The average molecular weight is 388 g/mol. The number of aryl methyl sites for hydroxylation is 2. The van der Waals surface area contributed by atoms with E-state index in [-0.39, 0.29) is 5.82 Å². The fourth-order valence-electron chi connectivity index (χ4n) is 3.51. The van der Waals surface area contributed by atoms with Crippen LogP contribution in [0.4, 0.5) is 4.39 Å². The molecule has 0 aliphatic heterocycles. The molecule has 28 heavy (non-hydrogen) atoms. The zero-order chi connectivity index (χ0) is 18.9. The van der Waals surface area contributed by atoms with Gasteiger partial charge in [0.15, 0.2) is 5.82 Å². The van der Waals surface area contributed by atoms with E-state index in [1.165, 1.54) is 39.9 Å². The fraction of sp³-hybridized carbons (Fsp3) is 0.136. The second-order valence-electron chi connectivity index (χ2n) is 6.72. The van der Waals surface area contributed by atoms with Gasteiger partial charge in [-0.1, -0.05) is 18.2 Å². The first-order valence-corrected chi connectivity index (χ1v) is 10.1. The first kappa shape index (κ1) is 17.0. The molecule has 0 atom stereocenters. The molecule has 0 saturated heterocycles. The van der Waals surface area contributed by atoms with Gasteiger partial charge in [-0.2, -0.15) is 0 Å². The molecule has 2 aromatic carbocycles. The zero-order valence-corrected chi connectivity index (χ0v) is 15.8. The molecule has 5 rings (SSSR count). The van der Waals surface area contributed by atoms with E-state index in [1.807, 2.05) is 6.07 Å². The predicted octanol–water partition coefficient (Wildman–Crippen LogP) is 5.55. The Hall–Kier alpha value is -3.12. The highest BCUT2D eigenvalue weighted by Gasteiger charge is 2.12. The standard InChI is InChI=1S/C22H17FN4S/c23-16-10-8-14(9-11-16)21-26-19(20-22(27-21)28-13-25-20)7-3-4-15-12-24-18-6-2-1-5-17(15)18/h1-2,5-6,8-13,24H,3-4,7H2. The monoisotopic (exact) mass is 388 g/mol. The molecule has 138 valence electrons. The summed E-state index contributed by atoms with van der Waals surface area (Å²) in [6, 6.07) is 14.7. The molecule has 5 aromatic rings. The van der Waals surface area contributed by atoms with Crippen molar-refractivity contribution in [3.63, 3.8) is 0 Å². The third-order valence-corrected chi connectivity index (χ3v) is 5.63. The van der Waals surface area contributed by atoms with Gasteiger partial charge < -0.3 is 4.98 Å². The van der Waals surface area contributed by atoms with Crippen LogP contribution in [0, 0.1) is 5.82 Å². The van der Waals surface area contributed by atoms with Crippen LogP contribution in [0.25, 0.3) is 32.6 Å².